The second-order valence-electron chi connectivity index (χ2n) is 4.46. The van der Waals surface area contributed by atoms with E-state index in [0.717, 1.165) is 19.5 Å². The molecular formula is C12H23N3O2. The molecule has 5 heteroatoms. The van der Waals surface area contributed by atoms with Gasteiger partial charge in [-0.1, -0.05) is 0 Å². The fourth-order valence-electron chi connectivity index (χ4n) is 2.10. The zero-order valence-electron chi connectivity index (χ0n) is 11.0. The molecule has 1 N–H and O–H groups in total. The molecule has 1 aliphatic heterocycles. The van der Waals surface area contributed by atoms with Crippen LogP contribution in [0.25, 0.3) is 0 Å². The Labute approximate surface area is 103 Å². The SMILES string of the molecule is CCN(CC)C(=O)CNC1CCC(=O)N(C)C1. The summed E-state index contributed by atoms with van der Waals surface area (Å²) in [6.45, 7) is 6.53. The molecule has 1 saturated heterocycles. The van der Waals surface area contributed by atoms with E-state index in [4.69, 9.17) is 0 Å². The van der Waals surface area contributed by atoms with Crippen molar-refractivity contribution in [3.63, 3.8) is 0 Å². The summed E-state index contributed by atoms with van der Waals surface area (Å²) in [7, 11) is 1.81. The van der Waals surface area contributed by atoms with Crippen LogP contribution in [-0.4, -0.2) is 60.9 Å². The van der Waals surface area contributed by atoms with Crippen LogP contribution in [0.1, 0.15) is 26.7 Å². The van der Waals surface area contributed by atoms with Crippen LogP contribution >= 0.6 is 0 Å². The maximum absolute atomic E-state index is 11.8. The molecule has 5 nitrogen and oxygen atoms in total. The number of piperidine rings is 1. The van der Waals surface area contributed by atoms with Gasteiger partial charge in [-0.3, -0.25) is 9.59 Å². The topological polar surface area (TPSA) is 52.7 Å². The Morgan fingerprint density at radius 1 is 1.47 bits per heavy atom. The molecule has 0 saturated carbocycles. The lowest BCUT2D eigenvalue weighted by molar-refractivity contribution is -0.132. The molecule has 1 rings (SSSR count). The summed E-state index contributed by atoms with van der Waals surface area (Å²) in [4.78, 5) is 26.6. The molecule has 98 valence electrons. The number of nitrogens with zero attached hydrogens (tertiary/aromatic N) is 2. The van der Waals surface area contributed by atoms with E-state index < -0.39 is 0 Å². The minimum absolute atomic E-state index is 0.134. The summed E-state index contributed by atoms with van der Waals surface area (Å²) >= 11 is 0. The number of carbonyl (C=O) groups excluding carboxylic acids is 2. The fraction of sp³-hybridized carbons (Fsp3) is 0.833. The quantitative estimate of drug-likeness (QED) is 0.741. The molecule has 1 atom stereocenters. The van der Waals surface area contributed by atoms with E-state index in [0.29, 0.717) is 19.5 Å². The van der Waals surface area contributed by atoms with Crippen LogP contribution in [0, 0.1) is 0 Å². The standard InChI is InChI=1S/C12H23N3O2/c1-4-15(5-2)12(17)8-13-10-6-7-11(16)14(3)9-10/h10,13H,4-9H2,1-3H3. The normalized spacial score (nSPS) is 20.5. The van der Waals surface area contributed by atoms with Crippen LogP contribution in [0.15, 0.2) is 0 Å². The van der Waals surface area contributed by atoms with Gasteiger partial charge in [-0.15, -0.1) is 0 Å². The van der Waals surface area contributed by atoms with Gasteiger partial charge >= 0.3 is 0 Å². The van der Waals surface area contributed by atoms with E-state index in [-0.39, 0.29) is 17.9 Å². The predicted molar refractivity (Wildman–Crippen MR) is 66.6 cm³/mol. The summed E-state index contributed by atoms with van der Waals surface area (Å²) in [5, 5.41) is 3.24. The van der Waals surface area contributed by atoms with E-state index in [2.05, 4.69) is 5.32 Å². The Bertz CT molecular complexity index is 277. The Morgan fingerprint density at radius 2 is 2.12 bits per heavy atom. The summed E-state index contributed by atoms with van der Waals surface area (Å²) in [6.07, 6.45) is 1.41. The van der Waals surface area contributed by atoms with Gasteiger partial charge in [0.05, 0.1) is 6.54 Å². The van der Waals surface area contributed by atoms with Gasteiger partial charge in [0.15, 0.2) is 0 Å². The van der Waals surface area contributed by atoms with Crippen LogP contribution in [0.2, 0.25) is 0 Å². The highest BCUT2D eigenvalue weighted by Crippen LogP contribution is 2.09. The predicted octanol–water partition coefficient (Wildman–Crippen LogP) is 0.0652. The van der Waals surface area contributed by atoms with Crippen molar-refractivity contribution < 1.29 is 9.59 Å². The summed E-state index contributed by atoms with van der Waals surface area (Å²) < 4.78 is 0. The van der Waals surface area contributed by atoms with Gasteiger partial charge < -0.3 is 15.1 Å². The van der Waals surface area contributed by atoms with E-state index in [1.165, 1.54) is 0 Å². The third-order valence-corrected chi connectivity index (χ3v) is 3.28. The maximum atomic E-state index is 11.8. The molecule has 0 aromatic rings. The van der Waals surface area contributed by atoms with Gasteiger partial charge in [0.2, 0.25) is 11.8 Å². The molecule has 1 unspecified atom stereocenters. The Balaban J connectivity index is 2.31. The Morgan fingerprint density at radius 3 is 2.65 bits per heavy atom. The highest BCUT2D eigenvalue weighted by Gasteiger charge is 2.23. The highest BCUT2D eigenvalue weighted by molar-refractivity contribution is 5.78. The summed E-state index contributed by atoms with van der Waals surface area (Å²) in [6, 6.07) is 0.247. The number of likely N-dealkylation sites (tertiary alicyclic amines) is 1. The van der Waals surface area contributed by atoms with E-state index in [9.17, 15) is 9.59 Å². The molecule has 17 heavy (non-hydrogen) atoms. The van der Waals surface area contributed by atoms with Crippen molar-refractivity contribution in [3.8, 4) is 0 Å². The molecule has 0 spiro atoms. The zero-order valence-corrected chi connectivity index (χ0v) is 11.0. The number of hydrogen-bond acceptors (Lipinski definition) is 3. The first kappa shape index (κ1) is 14.0. The van der Waals surface area contributed by atoms with E-state index in [1.54, 1.807) is 4.90 Å². The second-order valence-corrected chi connectivity index (χ2v) is 4.46. The van der Waals surface area contributed by atoms with Crippen molar-refractivity contribution in [3.05, 3.63) is 0 Å². The van der Waals surface area contributed by atoms with Crippen LogP contribution in [0.5, 0.6) is 0 Å². The van der Waals surface area contributed by atoms with Gasteiger partial charge in [0, 0.05) is 39.1 Å². The summed E-state index contributed by atoms with van der Waals surface area (Å²) in [5.41, 5.74) is 0. The minimum Gasteiger partial charge on any atom is -0.344 e. The number of nitrogens with one attached hydrogen (secondary N) is 1. The molecule has 0 aliphatic carbocycles. The highest BCUT2D eigenvalue weighted by atomic mass is 16.2. The average molecular weight is 241 g/mol. The Kier molecular flexibility index (Phi) is 5.41. The lowest BCUT2D eigenvalue weighted by Gasteiger charge is -2.30. The minimum atomic E-state index is 0.134. The molecule has 0 aromatic carbocycles. The van der Waals surface area contributed by atoms with Crippen LogP contribution in [0.3, 0.4) is 0 Å². The third kappa shape index (κ3) is 4.00. The molecule has 2 amide bonds. The molecular weight excluding hydrogens is 218 g/mol. The lowest BCUT2D eigenvalue weighted by Crippen LogP contribution is -2.49. The first-order chi connectivity index (χ1) is 8.08. The molecule has 0 aromatic heterocycles. The average Bonchev–Trinajstić information content (AvgIpc) is 2.32. The van der Waals surface area contributed by atoms with Crippen molar-refractivity contribution in [2.75, 3.05) is 33.2 Å². The monoisotopic (exact) mass is 241 g/mol. The van der Waals surface area contributed by atoms with Gasteiger partial charge in [-0.2, -0.15) is 0 Å². The number of likely N-dealkylation sites (N-methyl/N-ethyl adjacent to an activating group) is 2. The first-order valence-electron chi connectivity index (χ1n) is 6.33. The number of amides is 2. The first-order valence-corrected chi connectivity index (χ1v) is 6.33. The number of carbonyl (C=O) groups is 2. The number of hydrogen-bond donors (Lipinski definition) is 1. The van der Waals surface area contributed by atoms with Crippen molar-refractivity contribution in [1.29, 1.82) is 0 Å². The van der Waals surface area contributed by atoms with Crippen molar-refractivity contribution in [2.45, 2.75) is 32.7 Å². The van der Waals surface area contributed by atoms with E-state index >= 15 is 0 Å². The van der Waals surface area contributed by atoms with Crippen LogP contribution < -0.4 is 5.32 Å². The van der Waals surface area contributed by atoms with Gasteiger partial charge in [0.25, 0.3) is 0 Å². The van der Waals surface area contributed by atoms with Crippen LogP contribution in [-0.2, 0) is 9.59 Å². The van der Waals surface area contributed by atoms with E-state index in [1.807, 2.05) is 25.8 Å². The molecule has 0 bridgehead atoms. The maximum Gasteiger partial charge on any atom is 0.236 e. The largest absolute Gasteiger partial charge is 0.344 e. The second kappa shape index (κ2) is 6.59. The lowest BCUT2D eigenvalue weighted by atomic mass is 10.1. The molecule has 1 fully saturated rings. The van der Waals surface area contributed by atoms with Crippen molar-refractivity contribution >= 4 is 11.8 Å². The molecule has 1 aliphatic rings. The summed E-state index contributed by atoms with van der Waals surface area (Å²) in [5.74, 6) is 0.327. The van der Waals surface area contributed by atoms with Gasteiger partial charge in [-0.25, -0.2) is 0 Å². The van der Waals surface area contributed by atoms with Crippen molar-refractivity contribution in [1.82, 2.24) is 15.1 Å². The van der Waals surface area contributed by atoms with Crippen LogP contribution in [0.4, 0.5) is 0 Å². The Hall–Kier alpha value is -1.10. The van der Waals surface area contributed by atoms with Gasteiger partial charge in [-0.05, 0) is 20.3 Å². The fourth-order valence-corrected chi connectivity index (χ4v) is 2.10. The third-order valence-electron chi connectivity index (χ3n) is 3.28. The molecule has 1 heterocycles. The number of rotatable bonds is 5. The molecule has 0 radical (unpaired) electrons. The zero-order chi connectivity index (χ0) is 12.8. The van der Waals surface area contributed by atoms with Gasteiger partial charge in [0.1, 0.15) is 0 Å². The smallest absolute Gasteiger partial charge is 0.236 e. The van der Waals surface area contributed by atoms with Crippen molar-refractivity contribution in [2.24, 2.45) is 0 Å².